The van der Waals surface area contributed by atoms with Gasteiger partial charge in [0.25, 0.3) is 0 Å². The van der Waals surface area contributed by atoms with Crippen molar-refractivity contribution in [2.24, 2.45) is 0 Å². The molecule has 3 rings (SSSR count). The van der Waals surface area contributed by atoms with Crippen molar-refractivity contribution in [2.45, 2.75) is 43.7 Å². The Hall–Kier alpha value is -2.16. The van der Waals surface area contributed by atoms with Crippen molar-refractivity contribution in [3.8, 4) is 0 Å². The van der Waals surface area contributed by atoms with E-state index in [1.54, 1.807) is 29.2 Å². The molecular formula is C18H25N3O5. The van der Waals surface area contributed by atoms with Crippen molar-refractivity contribution >= 4 is 17.6 Å². The third-order valence-electron chi connectivity index (χ3n) is 4.79. The van der Waals surface area contributed by atoms with E-state index >= 15 is 0 Å². The summed E-state index contributed by atoms with van der Waals surface area (Å²) in [6.07, 6.45) is -1.80. The number of benzene rings is 1. The lowest BCUT2D eigenvalue weighted by atomic mass is 10.1. The van der Waals surface area contributed by atoms with E-state index in [0.29, 0.717) is 5.69 Å². The molecule has 1 aromatic rings. The van der Waals surface area contributed by atoms with E-state index < -0.39 is 30.4 Å². The topological polar surface area (TPSA) is 111 Å². The number of urea groups is 1. The zero-order valence-electron chi connectivity index (χ0n) is 14.5. The first-order valence-electron chi connectivity index (χ1n) is 8.94. The molecule has 26 heavy (non-hydrogen) atoms. The van der Waals surface area contributed by atoms with Crippen LogP contribution >= 0.6 is 0 Å². The molecule has 2 heterocycles. The molecule has 8 nitrogen and oxygen atoms in total. The van der Waals surface area contributed by atoms with Crippen LogP contribution in [0.4, 0.5) is 10.5 Å². The van der Waals surface area contributed by atoms with Gasteiger partial charge in [0.1, 0.15) is 18.3 Å². The van der Waals surface area contributed by atoms with Crippen LogP contribution in [0.25, 0.3) is 0 Å². The lowest BCUT2D eigenvalue weighted by Crippen LogP contribution is -2.41. The normalized spacial score (nSPS) is 28.2. The maximum absolute atomic E-state index is 12.2. The quantitative estimate of drug-likeness (QED) is 0.602. The first-order chi connectivity index (χ1) is 12.5. The summed E-state index contributed by atoms with van der Waals surface area (Å²) in [5.41, 5.74) is 0.645. The van der Waals surface area contributed by atoms with Gasteiger partial charge in [-0.25, -0.2) is 4.79 Å². The van der Waals surface area contributed by atoms with Crippen LogP contribution in [-0.2, 0) is 9.53 Å². The summed E-state index contributed by atoms with van der Waals surface area (Å²) < 4.78 is 5.63. The molecule has 0 bridgehead atoms. The monoisotopic (exact) mass is 363 g/mol. The average molecular weight is 363 g/mol. The lowest BCUT2D eigenvalue weighted by Gasteiger charge is -2.19. The first-order valence-corrected chi connectivity index (χ1v) is 8.94. The minimum Gasteiger partial charge on any atom is -0.388 e. The summed E-state index contributed by atoms with van der Waals surface area (Å²) in [5.74, 6) is -0.0748. The van der Waals surface area contributed by atoms with Gasteiger partial charge < -0.3 is 30.5 Å². The van der Waals surface area contributed by atoms with Gasteiger partial charge in [-0.2, -0.15) is 0 Å². The number of hydrogen-bond acceptors (Lipinski definition) is 5. The van der Waals surface area contributed by atoms with Crippen LogP contribution < -0.4 is 10.6 Å². The van der Waals surface area contributed by atoms with Crippen molar-refractivity contribution < 1.29 is 24.5 Å². The number of nitrogens with one attached hydrogen (secondary N) is 2. The van der Waals surface area contributed by atoms with Gasteiger partial charge in [-0.3, -0.25) is 4.79 Å². The molecule has 2 saturated heterocycles. The molecule has 0 saturated carbocycles. The SMILES string of the molecule is O=C(NCC1OC(CC(=O)N2CCCC2)C(O)C1O)Nc1ccccc1. The standard InChI is InChI=1S/C18H25N3O5/c22-15(21-8-4-5-9-21)10-13-16(23)17(24)14(26-13)11-19-18(25)20-12-6-2-1-3-7-12/h1-3,6-7,13-14,16-17,23-24H,4-5,8-11H2,(H2,19,20,25). The second-order valence-corrected chi connectivity index (χ2v) is 6.69. The van der Waals surface area contributed by atoms with Crippen LogP contribution in [0.1, 0.15) is 19.3 Å². The van der Waals surface area contributed by atoms with Crippen LogP contribution in [0.3, 0.4) is 0 Å². The number of anilines is 1. The summed E-state index contributed by atoms with van der Waals surface area (Å²) in [4.78, 5) is 25.9. The van der Waals surface area contributed by atoms with Crippen molar-refractivity contribution in [1.82, 2.24) is 10.2 Å². The smallest absolute Gasteiger partial charge is 0.319 e. The number of likely N-dealkylation sites (tertiary alicyclic amines) is 1. The summed E-state index contributed by atoms with van der Waals surface area (Å²) in [6.45, 7) is 1.50. The van der Waals surface area contributed by atoms with E-state index in [2.05, 4.69) is 10.6 Å². The number of hydrogen-bond donors (Lipinski definition) is 4. The molecule has 4 N–H and O–H groups in total. The Morgan fingerprint density at radius 3 is 2.42 bits per heavy atom. The molecule has 2 fully saturated rings. The highest BCUT2D eigenvalue weighted by molar-refractivity contribution is 5.89. The fraction of sp³-hybridized carbons (Fsp3) is 0.556. The van der Waals surface area contributed by atoms with Gasteiger partial charge in [0.05, 0.1) is 12.5 Å². The van der Waals surface area contributed by atoms with Crippen molar-refractivity contribution in [3.05, 3.63) is 30.3 Å². The molecule has 8 heteroatoms. The van der Waals surface area contributed by atoms with Crippen LogP contribution in [0.15, 0.2) is 30.3 Å². The Labute approximate surface area is 152 Å². The van der Waals surface area contributed by atoms with E-state index in [4.69, 9.17) is 4.74 Å². The Bertz CT molecular complexity index is 621. The molecule has 4 unspecified atom stereocenters. The van der Waals surface area contributed by atoms with E-state index in [-0.39, 0.29) is 18.9 Å². The molecule has 3 amide bonds. The number of amides is 3. The zero-order chi connectivity index (χ0) is 18.5. The second-order valence-electron chi connectivity index (χ2n) is 6.69. The number of aliphatic hydroxyl groups excluding tert-OH is 2. The maximum Gasteiger partial charge on any atom is 0.319 e. The van der Waals surface area contributed by atoms with Crippen LogP contribution in [0.2, 0.25) is 0 Å². The highest BCUT2D eigenvalue weighted by Gasteiger charge is 2.43. The number of carbonyl (C=O) groups is 2. The lowest BCUT2D eigenvalue weighted by molar-refractivity contribution is -0.134. The van der Waals surface area contributed by atoms with Crippen LogP contribution in [-0.4, -0.2) is 71.1 Å². The van der Waals surface area contributed by atoms with E-state index in [1.165, 1.54) is 0 Å². The van der Waals surface area contributed by atoms with Crippen LogP contribution in [0, 0.1) is 0 Å². The van der Waals surface area contributed by atoms with Crippen molar-refractivity contribution in [1.29, 1.82) is 0 Å². The molecule has 4 atom stereocenters. The Balaban J connectivity index is 1.46. The fourth-order valence-electron chi connectivity index (χ4n) is 3.32. The molecule has 0 spiro atoms. The third-order valence-corrected chi connectivity index (χ3v) is 4.79. The van der Waals surface area contributed by atoms with Gasteiger partial charge in [-0.15, -0.1) is 0 Å². The number of rotatable bonds is 5. The fourth-order valence-corrected chi connectivity index (χ4v) is 3.32. The molecule has 0 aromatic heterocycles. The molecule has 0 radical (unpaired) electrons. The van der Waals surface area contributed by atoms with Crippen molar-refractivity contribution in [2.75, 3.05) is 25.0 Å². The summed E-state index contributed by atoms with van der Waals surface area (Å²) >= 11 is 0. The van der Waals surface area contributed by atoms with E-state index in [9.17, 15) is 19.8 Å². The summed E-state index contributed by atoms with van der Waals surface area (Å²) in [5, 5.41) is 25.6. The van der Waals surface area contributed by atoms with E-state index in [1.807, 2.05) is 6.07 Å². The summed E-state index contributed by atoms with van der Waals surface area (Å²) in [6, 6.07) is 8.53. The minimum absolute atomic E-state index is 0.0327. The van der Waals surface area contributed by atoms with Gasteiger partial charge in [-0.05, 0) is 25.0 Å². The Morgan fingerprint density at radius 2 is 1.73 bits per heavy atom. The molecule has 2 aliphatic rings. The third kappa shape index (κ3) is 4.51. The van der Waals surface area contributed by atoms with Gasteiger partial charge >= 0.3 is 6.03 Å². The average Bonchev–Trinajstić information content (AvgIpc) is 3.26. The molecule has 2 aliphatic heterocycles. The Kier molecular flexibility index (Phi) is 6.08. The molecule has 1 aromatic carbocycles. The largest absolute Gasteiger partial charge is 0.388 e. The van der Waals surface area contributed by atoms with Gasteiger partial charge in [0.15, 0.2) is 0 Å². The predicted octanol–water partition coefficient (Wildman–Crippen LogP) is 0.310. The maximum atomic E-state index is 12.2. The molecular weight excluding hydrogens is 338 g/mol. The second kappa shape index (κ2) is 8.48. The number of carbonyl (C=O) groups excluding carboxylic acids is 2. The van der Waals surface area contributed by atoms with Crippen LogP contribution in [0.5, 0.6) is 0 Å². The van der Waals surface area contributed by atoms with Gasteiger partial charge in [0, 0.05) is 25.3 Å². The number of nitrogens with zero attached hydrogens (tertiary/aromatic N) is 1. The van der Waals surface area contributed by atoms with Crippen molar-refractivity contribution in [3.63, 3.8) is 0 Å². The first kappa shape index (κ1) is 18.6. The minimum atomic E-state index is -1.15. The zero-order valence-corrected chi connectivity index (χ0v) is 14.5. The predicted molar refractivity (Wildman–Crippen MR) is 94.6 cm³/mol. The number of para-hydroxylation sites is 1. The Morgan fingerprint density at radius 1 is 1.08 bits per heavy atom. The number of ether oxygens (including phenoxy) is 1. The molecule has 142 valence electrons. The van der Waals surface area contributed by atoms with Gasteiger partial charge in [-0.1, -0.05) is 18.2 Å². The number of aliphatic hydroxyl groups is 2. The molecule has 0 aliphatic carbocycles. The van der Waals surface area contributed by atoms with E-state index in [0.717, 1.165) is 25.9 Å². The summed E-state index contributed by atoms with van der Waals surface area (Å²) in [7, 11) is 0. The highest BCUT2D eigenvalue weighted by Crippen LogP contribution is 2.24. The highest BCUT2D eigenvalue weighted by atomic mass is 16.5. The van der Waals surface area contributed by atoms with Gasteiger partial charge in [0.2, 0.25) is 5.91 Å².